The maximum atomic E-state index is 13.7. The summed E-state index contributed by atoms with van der Waals surface area (Å²) < 4.78 is 33.0. The van der Waals surface area contributed by atoms with E-state index < -0.39 is 90.0 Å². The Balaban J connectivity index is 1.84. The molecule has 1 heterocycles. The van der Waals surface area contributed by atoms with Gasteiger partial charge in [-0.1, -0.05) is 0 Å². The van der Waals surface area contributed by atoms with E-state index >= 15 is 0 Å². The Labute approximate surface area is 244 Å². The van der Waals surface area contributed by atoms with Crippen molar-refractivity contribution in [2.24, 2.45) is 0 Å². The molecule has 2 aromatic carbocycles. The van der Waals surface area contributed by atoms with Crippen LogP contribution >= 0.6 is 0 Å². The summed E-state index contributed by atoms with van der Waals surface area (Å²) in [4.78, 5) is 74.8. The number of phenolic OH excluding ortho intramolecular Hbond substituents is 2. The third-order valence-electron chi connectivity index (χ3n) is 6.48. The highest BCUT2D eigenvalue weighted by atomic mass is 16.7. The van der Waals surface area contributed by atoms with Gasteiger partial charge < -0.3 is 38.6 Å². The summed E-state index contributed by atoms with van der Waals surface area (Å²) in [5.41, 5.74) is -0.459. The summed E-state index contributed by atoms with van der Waals surface area (Å²) in [6.45, 7) is 5.34. The molecule has 0 saturated carbocycles. The number of hydrogen-bond donors (Lipinski definition) is 2. The van der Waals surface area contributed by atoms with Crippen LogP contribution in [0.1, 0.15) is 65.1 Å². The van der Waals surface area contributed by atoms with Gasteiger partial charge >= 0.3 is 23.9 Å². The second-order valence-corrected chi connectivity index (χ2v) is 9.92. The van der Waals surface area contributed by atoms with Gasteiger partial charge in [0.15, 0.2) is 18.0 Å². The van der Waals surface area contributed by atoms with Crippen LogP contribution in [0.25, 0.3) is 0 Å². The van der Waals surface area contributed by atoms with Crippen LogP contribution in [-0.4, -0.2) is 83.0 Å². The fraction of sp³-hybridized carbons (Fsp3) is 0.379. The average Bonchev–Trinajstić information content (AvgIpc) is 2.88. The highest BCUT2D eigenvalue weighted by Gasteiger charge is 2.53. The first-order valence-electron chi connectivity index (χ1n) is 12.9. The molecule has 0 bridgehead atoms. The van der Waals surface area contributed by atoms with Gasteiger partial charge in [-0.05, 0) is 30.7 Å². The molecule has 1 fully saturated rings. The topological polar surface area (TPSA) is 198 Å². The molecule has 2 aromatic rings. The summed E-state index contributed by atoms with van der Waals surface area (Å²) >= 11 is 0. The van der Waals surface area contributed by atoms with Gasteiger partial charge in [-0.2, -0.15) is 0 Å². The number of fused-ring (bicyclic) bond motifs is 2. The average molecular weight is 601 g/mol. The third kappa shape index (κ3) is 6.43. The molecule has 0 spiro atoms. The van der Waals surface area contributed by atoms with Crippen molar-refractivity contribution >= 4 is 35.4 Å². The molecule has 14 nitrogen and oxygen atoms in total. The van der Waals surface area contributed by atoms with E-state index in [9.17, 15) is 39.0 Å². The molecule has 0 amide bonds. The van der Waals surface area contributed by atoms with E-state index in [1.807, 2.05) is 0 Å². The Morgan fingerprint density at radius 1 is 0.744 bits per heavy atom. The van der Waals surface area contributed by atoms with Crippen LogP contribution < -0.4 is 4.74 Å². The summed E-state index contributed by atoms with van der Waals surface area (Å²) in [7, 11) is 0. The smallest absolute Gasteiger partial charge is 0.303 e. The number of hydrogen-bond acceptors (Lipinski definition) is 14. The van der Waals surface area contributed by atoms with Crippen LogP contribution in [0.2, 0.25) is 0 Å². The molecule has 0 radical (unpaired) electrons. The van der Waals surface area contributed by atoms with E-state index in [1.165, 1.54) is 12.1 Å². The number of ketones is 2. The van der Waals surface area contributed by atoms with Crippen molar-refractivity contribution in [2.45, 2.75) is 65.3 Å². The fourth-order valence-electron chi connectivity index (χ4n) is 4.97. The highest BCUT2D eigenvalue weighted by Crippen LogP contribution is 2.41. The number of rotatable bonds is 7. The van der Waals surface area contributed by atoms with Gasteiger partial charge in [0.2, 0.25) is 18.2 Å². The Morgan fingerprint density at radius 3 is 1.93 bits per heavy atom. The number of esters is 4. The van der Waals surface area contributed by atoms with E-state index in [0.29, 0.717) is 5.56 Å². The second-order valence-electron chi connectivity index (χ2n) is 9.92. The molecular weight excluding hydrogens is 572 g/mol. The van der Waals surface area contributed by atoms with Crippen LogP contribution in [0.15, 0.2) is 24.3 Å². The summed E-state index contributed by atoms with van der Waals surface area (Å²) in [5.74, 6) is -6.19. The second kappa shape index (κ2) is 12.1. The summed E-state index contributed by atoms with van der Waals surface area (Å²) in [6.07, 6.45) is -7.77. The molecular formula is C29H28O14. The summed E-state index contributed by atoms with van der Waals surface area (Å²) in [5, 5.41) is 21.0. The minimum absolute atomic E-state index is 0.0844. The fourth-order valence-corrected chi connectivity index (χ4v) is 4.97. The first-order chi connectivity index (χ1) is 20.2. The van der Waals surface area contributed by atoms with Crippen molar-refractivity contribution in [1.82, 2.24) is 0 Å². The highest BCUT2D eigenvalue weighted by molar-refractivity contribution is 6.30. The van der Waals surface area contributed by atoms with Gasteiger partial charge in [0.25, 0.3) is 0 Å². The van der Waals surface area contributed by atoms with Crippen LogP contribution in [0, 0.1) is 6.92 Å². The zero-order valence-corrected chi connectivity index (χ0v) is 23.7. The Kier molecular flexibility index (Phi) is 8.71. The molecule has 228 valence electrons. The molecule has 1 aliphatic carbocycles. The van der Waals surface area contributed by atoms with Crippen LogP contribution in [-0.2, 0) is 42.9 Å². The number of phenols is 2. The lowest BCUT2D eigenvalue weighted by Gasteiger charge is -2.44. The molecule has 2 aliphatic rings. The normalized spacial score (nSPS) is 22.5. The quantitative estimate of drug-likeness (QED) is 0.293. The number of ether oxygens (including phenoxy) is 6. The van der Waals surface area contributed by atoms with Gasteiger partial charge in [-0.3, -0.25) is 28.8 Å². The first-order valence-corrected chi connectivity index (χ1v) is 12.9. The van der Waals surface area contributed by atoms with Crippen molar-refractivity contribution in [2.75, 3.05) is 6.61 Å². The number of aryl methyl sites for hydroxylation is 1. The number of carbonyl (C=O) groups excluding carboxylic acids is 6. The summed E-state index contributed by atoms with van der Waals surface area (Å²) in [6, 6.07) is 4.77. The number of aromatic hydroxyl groups is 2. The minimum Gasteiger partial charge on any atom is -0.508 e. The SMILES string of the molecule is CC(=O)OC[C@H]1O[C@@H](Oc2cc(O)cc3c2C(=O)c2c(O)cc(C)cc2C3=O)[C@H](OC(C)=O)[C@@H](OC(C)=O)[C@@H]1OC(C)=O. The van der Waals surface area contributed by atoms with E-state index in [1.54, 1.807) is 6.92 Å². The lowest BCUT2D eigenvalue weighted by atomic mass is 9.82. The first kappa shape index (κ1) is 31.0. The number of benzene rings is 2. The standard InChI is InChI=1S/C29H28O14/c1-11-6-17-22(19(35)7-11)25(37)23-18(24(17)36)8-16(34)9-20(23)42-29-28(41-15(5)33)27(40-14(4)32)26(39-13(3)31)21(43-29)10-38-12(2)30/h6-9,21,26-29,34-35H,10H2,1-5H3/t21-,26-,27+,28-,29-/m1/s1. The Morgan fingerprint density at radius 2 is 1.33 bits per heavy atom. The molecule has 5 atom stereocenters. The van der Waals surface area contributed by atoms with Crippen molar-refractivity contribution in [3.8, 4) is 17.2 Å². The van der Waals surface area contributed by atoms with Crippen molar-refractivity contribution in [3.63, 3.8) is 0 Å². The zero-order chi connectivity index (χ0) is 31.7. The van der Waals surface area contributed by atoms with Gasteiger partial charge in [-0.15, -0.1) is 0 Å². The molecule has 1 saturated heterocycles. The lowest BCUT2D eigenvalue weighted by Crippen LogP contribution is -2.63. The maximum absolute atomic E-state index is 13.7. The molecule has 43 heavy (non-hydrogen) atoms. The van der Waals surface area contributed by atoms with Crippen molar-refractivity contribution in [3.05, 3.63) is 52.1 Å². The van der Waals surface area contributed by atoms with E-state index in [4.69, 9.17) is 28.4 Å². The number of carbonyl (C=O) groups is 6. The van der Waals surface area contributed by atoms with Crippen LogP contribution in [0.5, 0.6) is 17.2 Å². The molecule has 4 rings (SSSR count). The Hall–Kier alpha value is -4.98. The van der Waals surface area contributed by atoms with Crippen molar-refractivity contribution < 1.29 is 67.4 Å². The Bertz CT molecular complexity index is 1530. The zero-order valence-electron chi connectivity index (χ0n) is 23.7. The van der Waals surface area contributed by atoms with Crippen LogP contribution in [0.4, 0.5) is 0 Å². The predicted octanol–water partition coefficient (Wildman–Crippen LogP) is 1.64. The van der Waals surface area contributed by atoms with Gasteiger partial charge in [0.1, 0.15) is 30.0 Å². The minimum atomic E-state index is -1.75. The van der Waals surface area contributed by atoms with E-state index in [0.717, 1.165) is 39.8 Å². The lowest BCUT2D eigenvalue weighted by molar-refractivity contribution is -0.288. The monoisotopic (exact) mass is 600 g/mol. The molecule has 0 aromatic heterocycles. The van der Waals surface area contributed by atoms with E-state index in [-0.39, 0.29) is 22.3 Å². The van der Waals surface area contributed by atoms with Gasteiger partial charge in [0, 0.05) is 44.9 Å². The third-order valence-corrected chi connectivity index (χ3v) is 6.48. The van der Waals surface area contributed by atoms with E-state index in [2.05, 4.69) is 0 Å². The van der Waals surface area contributed by atoms with Crippen molar-refractivity contribution in [1.29, 1.82) is 0 Å². The molecule has 14 heteroatoms. The molecule has 1 aliphatic heterocycles. The largest absolute Gasteiger partial charge is 0.508 e. The molecule has 0 unspecified atom stereocenters. The van der Waals surface area contributed by atoms with Gasteiger partial charge in [-0.25, -0.2) is 0 Å². The molecule has 2 N–H and O–H groups in total. The van der Waals surface area contributed by atoms with Gasteiger partial charge in [0.05, 0.1) is 11.1 Å². The maximum Gasteiger partial charge on any atom is 0.303 e. The predicted molar refractivity (Wildman–Crippen MR) is 140 cm³/mol. The van der Waals surface area contributed by atoms with Crippen LogP contribution in [0.3, 0.4) is 0 Å².